The van der Waals surface area contributed by atoms with Gasteiger partial charge in [-0.25, -0.2) is 4.57 Å². The highest BCUT2D eigenvalue weighted by molar-refractivity contribution is 7.47. The van der Waals surface area contributed by atoms with E-state index in [0.717, 1.165) is 64.2 Å². The van der Waals surface area contributed by atoms with Crippen molar-refractivity contribution in [3.63, 3.8) is 0 Å². The molecule has 0 rings (SSSR count). The molecule has 56 heavy (non-hydrogen) atoms. The number of hydrogen-bond acceptors (Lipinski definition) is 9. The third-order valence-corrected chi connectivity index (χ3v) is 10.8. The third kappa shape index (κ3) is 39.3. The zero-order chi connectivity index (χ0) is 41.2. The standard InChI is InChI=1S/C45H85O10P/c1-3-5-7-9-11-13-15-16-17-18-19-20-21-22-23-24-25-26-27-29-31-33-35-37-45(49)55-43(39-47)41-53-56(50,51)52-40-42(38-46)54-44(48)36-34-32-30-28-14-12-10-8-6-4-2/h8,10,18-19,42-43,46-47H,3-7,9,11-17,20-41H2,1-2H3,(H,50,51)/b10-8-,19-18-. The molecule has 10 nitrogen and oxygen atoms in total. The van der Waals surface area contributed by atoms with Crippen molar-refractivity contribution in [2.75, 3.05) is 26.4 Å². The molecule has 0 saturated heterocycles. The van der Waals surface area contributed by atoms with Crippen LogP contribution in [0, 0.1) is 0 Å². The fraction of sp³-hybridized carbons (Fsp3) is 0.867. The van der Waals surface area contributed by atoms with E-state index in [1.54, 1.807) is 0 Å². The summed E-state index contributed by atoms with van der Waals surface area (Å²) in [6, 6.07) is 0. The van der Waals surface area contributed by atoms with Crippen molar-refractivity contribution in [3.8, 4) is 0 Å². The summed E-state index contributed by atoms with van der Waals surface area (Å²) in [5, 5.41) is 19.1. The van der Waals surface area contributed by atoms with Gasteiger partial charge in [-0.2, -0.15) is 0 Å². The normalized spacial score (nSPS) is 14.0. The smallest absolute Gasteiger partial charge is 0.457 e. The highest BCUT2D eigenvalue weighted by Gasteiger charge is 2.27. The van der Waals surface area contributed by atoms with E-state index in [-0.39, 0.29) is 12.8 Å². The summed E-state index contributed by atoms with van der Waals surface area (Å²) in [5.74, 6) is -1.03. The second kappa shape index (κ2) is 41.6. The van der Waals surface area contributed by atoms with Gasteiger partial charge >= 0.3 is 19.8 Å². The number of rotatable bonds is 43. The van der Waals surface area contributed by atoms with E-state index in [1.807, 2.05) is 0 Å². The fourth-order valence-electron chi connectivity index (χ4n) is 6.35. The minimum Gasteiger partial charge on any atom is -0.457 e. The summed E-state index contributed by atoms with van der Waals surface area (Å²) in [6.45, 7) is 2.14. The Labute approximate surface area is 342 Å². The average Bonchev–Trinajstić information content (AvgIpc) is 3.19. The van der Waals surface area contributed by atoms with E-state index < -0.39 is 58.4 Å². The van der Waals surface area contributed by atoms with Crippen LogP contribution in [-0.2, 0) is 32.7 Å². The van der Waals surface area contributed by atoms with Crippen LogP contribution >= 0.6 is 7.82 Å². The maximum absolute atomic E-state index is 12.3. The highest BCUT2D eigenvalue weighted by atomic mass is 31.2. The number of allylic oxidation sites excluding steroid dienone is 4. The van der Waals surface area contributed by atoms with Crippen molar-refractivity contribution in [3.05, 3.63) is 24.3 Å². The van der Waals surface area contributed by atoms with E-state index in [0.29, 0.717) is 12.8 Å². The highest BCUT2D eigenvalue weighted by Crippen LogP contribution is 2.43. The van der Waals surface area contributed by atoms with Crippen molar-refractivity contribution >= 4 is 19.8 Å². The van der Waals surface area contributed by atoms with Crippen molar-refractivity contribution in [1.29, 1.82) is 0 Å². The second-order valence-corrected chi connectivity index (χ2v) is 16.8. The zero-order valence-corrected chi connectivity index (χ0v) is 36.8. The lowest BCUT2D eigenvalue weighted by molar-refractivity contribution is -0.153. The molecule has 11 heteroatoms. The number of phosphoric acid groups is 1. The first-order valence-electron chi connectivity index (χ1n) is 22.8. The summed E-state index contributed by atoms with van der Waals surface area (Å²) in [5.41, 5.74) is 0. The van der Waals surface area contributed by atoms with Crippen LogP contribution in [0.1, 0.15) is 213 Å². The maximum atomic E-state index is 12.3. The predicted octanol–water partition coefficient (Wildman–Crippen LogP) is 12.2. The molecule has 0 aromatic carbocycles. The van der Waals surface area contributed by atoms with Gasteiger partial charge in [0.25, 0.3) is 0 Å². The van der Waals surface area contributed by atoms with Gasteiger partial charge in [0.05, 0.1) is 26.4 Å². The Hall–Kier alpha value is -1.55. The van der Waals surface area contributed by atoms with E-state index in [9.17, 15) is 29.3 Å². The number of hydrogen-bond donors (Lipinski definition) is 3. The Morgan fingerprint density at radius 1 is 0.464 bits per heavy atom. The van der Waals surface area contributed by atoms with Gasteiger partial charge in [-0.1, -0.05) is 167 Å². The molecule has 3 unspecified atom stereocenters. The topological polar surface area (TPSA) is 149 Å². The molecular formula is C45H85O10P. The lowest BCUT2D eigenvalue weighted by atomic mass is 10.0. The number of ether oxygens (including phenoxy) is 2. The van der Waals surface area contributed by atoms with Crippen molar-refractivity contribution in [2.45, 2.75) is 225 Å². The van der Waals surface area contributed by atoms with Crippen molar-refractivity contribution in [1.82, 2.24) is 0 Å². The van der Waals surface area contributed by atoms with Crippen LogP contribution in [-0.4, -0.2) is 65.7 Å². The Kier molecular flexibility index (Phi) is 40.5. The van der Waals surface area contributed by atoms with Gasteiger partial charge in [0, 0.05) is 12.8 Å². The van der Waals surface area contributed by atoms with Gasteiger partial charge in [-0.3, -0.25) is 18.6 Å². The summed E-state index contributed by atoms with van der Waals surface area (Å²) < 4.78 is 32.5. The van der Waals surface area contributed by atoms with Gasteiger partial charge in [0.15, 0.2) is 0 Å². The fourth-order valence-corrected chi connectivity index (χ4v) is 7.13. The number of esters is 2. The number of carbonyl (C=O) groups is 2. The molecule has 0 fully saturated rings. The van der Waals surface area contributed by atoms with Gasteiger partial charge in [0.2, 0.25) is 0 Å². The van der Waals surface area contributed by atoms with Crippen molar-refractivity contribution < 1.29 is 47.8 Å². The monoisotopic (exact) mass is 817 g/mol. The molecule has 0 spiro atoms. The average molecular weight is 817 g/mol. The molecule has 0 radical (unpaired) electrons. The van der Waals surface area contributed by atoms with E-state index in [1.165, 1.54) is 109 Å². The number of aliphatic hydroxyl groups is 2. The Balaban J connectivity index is 3.82. The van der Waals surface area contributed by atoms with Crippen LogP contribution < -0.4 is 0 Å². The maximum Gasteiger partial charge on any atom is 0.472 e. The Bertz CT molecular complexity index is 988. The predicted molar refractivity (Wildman–Crippen MR) is 228 cm³/mol. The quantitative estimate of drug-likeness (QED) is 0.0235. The van der Waals surface area contributed by atoms with Gasteiger partial charge in [-0.05, 0) is 57.8 Å². The molecule has 0 aromatic rings. The van der Waals surface area contributed by atoms with E-state index in [4.69, 9.17) is 18.5 Å². The number of phosphoric ester groups is 1. The van der Waals surface area contributed by atoms with Crippen molar-refractivity contribution in [2.24, 2.45) is 0 Å². The molecule has 0 bridgehead atoms. The molecular weight excluding hydrogens is 731 g/mol. The zero-order valence-electron chi connectivity index (χ0n) is 35.9. The Morgan fingerprint density at radius 3 is 1.09 bits per heavy atom. The lowest BCUT2D eigenvalue weighted by Crippen LogP contribution is -2.28. The summed E-state index contributed by atoms with van der Waals surface area (Å²) in [4.78, 5) is 34.4. The lowest BCUT2D eigenvalue weighted by Gasteiger charge is -2.20. The van der Waals surface area contributed by atoms with Crippen LogP contribution in [0.25, 0.3) is 0 Å². The molecule has 0 aromatic heterocycles. The van der Waals surface area contributed by atoms with Crippen LogP contribution in [0.3, 0.4) is 0 Å². The number of unbranched alkanes of at least 4 members (excludes halogenated alkanes) is 25. The molecule has 0 amide bonds. The third-order valence-electron chi connectivity index (χ3n) is 9.87. The largest absolute Gasteiger partial charge is 0.472 e. The second-order valence-electron chi connectivity index (χ2n) is 15.4. The first kappa shape index (κ1) is 54.5. The summed E-state index contributed by atoms with van der Waals surface area (Å²) >= 11 is 0. The SMILES string of the molecule is CCC/C=C\CCCCCCCC(=O)OC(CO)COP(=O)(O)OCC(CO)OC(=O)CCCCCCCCCCCCC/C=C\CCCCCCCCCC. The van der Waals surface area contributed by atoms with Crippen LogP contribution in [0.4, 0.5) is 0 Å². The molecule has 330 valence electrons. The number of carbonyl (C=O) groups excluding carboxylic acids is 2. The van der Waals surface area contributed by atoms with Crippen LogP contribution in [0.15, 0.2) is 24.3 Å². The molecule has 0 aliphatic rings. The molecule has 3 N–H and O–H groups in total. The molecule has 0 aliphatic carbocycles. The first-order chi connectivity index (χ1) is 27.3. The first-order valence-corrected chi connectivity index (χ1v) is 24.3. The van der Waals surface area contributed by atoms with E-state index >= 15 is 0 Å². The molecule has 0 heterocycles. The Morgan fingerprint density at radius 2 is 0.768 bits per heavy atom. The van der Waals surface area contributed by atoms with Gasteiger partial charge in [-0.15, -0.1) is 0 Å². The molecule has 0 saturated carbocycles. The number of aliphatic hydroxyl groups excluding tert-OH is 2. The minimum absolute atomic E-state index is 0.182. The minimum atomic E-state index is -4.63. The van der Waals surface area contributed by atoms with E-state index in [2.05, 4.69) is 38.2 Å². The summed E-state index contributed by atoms with van der Waals surface area (Å²) in [7, 11) is -4.63. The van der Waals surface area contributed by atoms with Gasteiger partial charge < -0.3 is 24.6 Å². The van der Waals surface area contributed by atoms with Gasteiger partial charge in [0.1, 0.15) is 12.2 Å². The summed E-state index contributed by atoms with van der Waals surface area (Å²) in [6.07, 6.45) is 41.7. The van der Waals surface area contributed by atoms with Crippen LogP contribution in [0.5, 0.6) is 0 Å². The molecule has 3 atom stereocenters. The molecule has 0 aliphatic heterocycles. The van der Waals surface area contributed by atoms with Crippen LogP contribution in [0.2, 0.25) is 0 Å².